The molecular formula is C24H18FN3. The van der Waals surface area contributed by atoms with Gasteiger partial charge in [0.25, 0.3) is 0 Å². The first-order valence-corrected chi connectivity index (χ1v) is 9.25. The van der Waals surface area contributed by atoms with E-state index in [0.717, 1.165) is 34.5 Å². The number of aromatic amines is 1. The molecule has 1 unspecified atom stereocenters. The number of benzene rings is 2. The van der Waals surface area contributed by atoms with E-state index >= 15 is 0 Å². The summed E-state index contributed by atoms with van der Waals surface area (Å²) in [6.07, 6.45) is 8.63. The van der Waals surface area contributed by atoms with Crippen molar-refractivity contribution in [3.63, 3.8) is 0 Å². The van der Waals surface area contributed by atoms with Gasteiger partial charge in [-0.15, -0.1) is 0 Å². The summed E-state index contributed by atoms with van der Waals surface area (Å²) in [4.78, 5) is 4.09. The first-order chi connectivity index (χ1) is 13.8. The van der Waals surface area contributed by atoms with Crippen LogP contribution in [0.15, 0.2) is 85.2 Å². The molecule has 4 aromatic rings. The molecule has 0 aliphatic heterocycles. The Hall–Kier alpha value is -3.53. The highest BCUT2D eigenvalue weighted by Crippen LogP contribution is 2.42. The van der Waals surface area contributed by atoms with Crippen LogP contribution in [0.5, 0.6) is 0 Å². The van der Waals surface area contributed by atoms with E-state index in [9.17, 15) is 4.39 Å². The number of nitrogens with zero attached hydrogens (tertiary/aromatic N) is 2. The molecule has 5 rings (SSSR count). The van der Waals surface area contributed by atoms with E-state index in [1.54, 1.807) is 12.4 Å². The Bertz CT molecular complexity index is 1130. The summed E-state index contributed by atoms with van der Waals surface area (Å²) in [6, 6.07) is 21.1. The molecule has 0 bridgehead atoms. The molecule has 2 heterocycles. The van der Waals surface area contributed by atoms with Crippen molar-refractivity contribution in [1.29, 1.82) is 0 Å². The van der Waals surface area contributed by atoms with Crippen LogP contribution in [-0.4, -0.2) is 15.2 Å². The molecule has 28 heavy (non-hydrogen) atoms. The number of rotatable bonds is 3. The number of allylic oxidation sites excluding steroid dienone is 1. The van der Waals surface area contributed by atoms with E-state index < -0.39 is 0 Å². The van der Waals surface area contributed by atoms with Gasteiger partial charge >= 0.3 is 0 Å². The first kappa shape index (κ1) is 16.6. The average Bonchev–Trinajstić information content (AvgIpc) is 3.18. The Morgan fingerprint density at radius 2 is 1.57 bits per heavy atom. The van der Waals surface area contributed by atoms with Crippen LogP contribution in [0.25, 0.3) is 17.3 Å². The third-order valence-electron chi connectivity index (χ3n) is 5.48. The van der Waals surface area contributed by atoms with Crippen LogP contribution < -0.4 is 0 Å². The fourth-order valence-corrected chi connectivity index (χ4v) is 4.04. The quantitative estimate of drug-likeness (QED) is 0.543. The highest BCUT2D eigenvalue weighted by molar-refractivity contribution is 5.76. The van der Waals surface area contributed by atoms with Crippen LogP contribution in [0.3, 0.4) is 0 Å². The summed E-state index contributed by atoms with van der Waals surface area (Å²) in [5, 5.41) is 7.81. The summed E-state index contributed by atoms with van der Waals surface area (Å²) >= 11 is 0. The molecule has 1 aliphatic carbocycles. The van der Waals surface area contributed by atoms with Crippen molar-refractivity contribution in [3.05, 3.63) is 113 Å². The standard InChI is InChI=1S/C24H18FN3/c25-20-8-6-19(7-9-20)24(18-4-2-1-3-5-18)13-10-21-22(16-24)27-28-23(21)17-11-14-26-15-12-17/h1-15H,16H2,(H,27,28). The van der Waals surface area contributed by atoms with Gasteiger partial charge in [0.2, 0.25) is 0 Å². The van der Waals surface area contributed by atoms with Gasteiger partial charge in [-0.2, -0.15) is 5.10 Å². The molecule has 2 aromatic carbocycles. The van der Waals surface area contributed by atoms with Gasteiger partial charge in [-0.3, -0.25) is 10.1 Å². The van der Waals surface area contributed by atoms with Crippen LogP contribution in [0.2, 0.25) is 0 Å². The summed E-state index contributed by atoms with van der Waals surface area (Å²) < 4.78 is 13.6. The number of nitrogens with one attached hydrogen (secondary N) is 1. The Kier molecular flexibility index (Phi) is 3.90. The minimum absolute atomic E-state index is 0.228. The van der Waals surface area contributed by atoms with Gasteiger partial charge in [-0.05, 0) is 35.4 Å². The van der Waals surface area contributed by atoms with Crippen molar-refractivity contribution >= 4 is 6.08 Å². The lowest BCUT2D eigenvalue weighted by Gasteiger charge is -2.34. The molecule has 0 radical (unpaired) electrons. The topological polar surface area (TPSA) is 41.6 Å². The molecule has 0 fully saturated rings. The molecule has 1 aliphatic rings. The maximum atomic E-state index is 13.6. The molecule has 1 atom stereocenters. The highest BCUT2D eigenvalue weighted by Gasteiger charge is 2.36. The average molecular weight is 367 g/mol. The highest BCUT2D eigenvalue weighted by atomic mass is 19.1. The molecule has 0 amide bonds. The summed E-state index contributed by atoms with van der Waals surface area (Å²) in [7, 11) is 0. The number of pyridine rings is 1. The number of H-pyrrole nitrogens is 1. The minimum Gasteiger partial charge on any atom is -0.281 e. The van der Waals surface area contributed by atoms with Gasteiger partial charge < -0.3 is 0 Å². The molecule has 2 aromatic heterocycles. The fourth-order valence-electron chi connectivity index (χ4n) is 4.04. The lowest BCUT2D eigenvalue weighted by molar-refractivity contribution is 0.606. The van der Waals surface area contributed by atoms with Crippen LogP contribution >= 0.6 is 0 Å². The second-order valence-corrected chi connectivity index (χ2v) is 7.05. The third-order valence-corrected chi connectivity index (χ3v) is 5.48. The van der Waals surface area contributed by atoms with Crippen molar-refractivity contribution in [3.8, 4) is 11.3 Å². The first-order valence-electron chi connectivity index (χ1n) is 9.25. The lowest BCUT2D eigenvalue weighted by atomic mass is 9.68. The Balaban J connectivity index is 1.65. The van der Waals surface area contributed by atoms with Crippen LogP contribution in [0, 0.1) is 5.82 Å². The zero-order valence-electron chi connectivity index (χ0n) is 15.1. The summed E-state index contributed by atoms with van der Waals surface area (Å²) in [5.74, 6) is -0.228. The third kappa shape index (κ3) is 2.65. The monoisotopic (exact) mass is 367 g/mol. The van der Waals surface area contributed by atoms with Gasteiger partial charge in [0.05, 0.1) is 5.69 Å². The number of fused-ring (bicyclic) bond motifs is 1. The molecule has 0 saturated heterocycles. The molecule has 0 saturated carbocycles. The predicted octanol–water partition coefficient (Wildman–Crippen LogP) is 5.17. The van der Waals surface area contributed by atoms with Crippen molar-refractivity contribution < 1.29 is 4.39 Å². The number of hydrogen-bond acceptors (Lipinski definition) is 2. The van der Waals surface area contributed by atoms with Crippen LogP contribution in [-0.2, 0) is 11.8 Å². The van der Waals surface area contributed by atoms with Gasteiger partial charge in [-0.1, -0.05) is 54.6 Å². The van der Waals surface area contributed by atoms with Crippen molar-refractivity contribution in [2.75, 3.05) is 0 Å². The van der Waals surface area contributed by atoms with Gasteiger partial charge in [0.15, 0.2) is 0 Å². The van der Waals surface area contributed by atoms with E-state index in [1.165, 1.54) is 17.7 Å². The largest absolute Gasteiger partial charge is 0.281 e. The smallest absolute Gasteiger partial charge is 0.123 e. The second kappa shape index (κ2) is 6.57. The molecular weight excluding hydrogens is 349 g/mol. The summed E-state index contributed by atoms with van der Waals surface area (Å²) in [6.45, 7) is 0. The van der Waals surface area contributed by atoms with E-state index in [4.69, 9.17) is 0 Å². The molecule has 136 valence electrons. The van der Waals surface area contributed by atoms with E-state index in [2.05, 4.69) is 39.5 Å². The second-order valence-electron chi connectivity index (χ2n) is 7.05. The van der Waals surface area contributed by atoms with Crippen molar-refractivity contribution in [2.24, 2.45) is 0 Å². The zero-order valence-corrected chi connectivity index (χ0v) is 15.1. The predicted molar refractivity (Wildman–Crippen MR) is 108 cm³/mol. The van der Waals surface area contributed by atoms with Crippen molar-refractivity contribution in [1.82, 2.24) is 15.2 Å². The van der Waals surface area contributed by atoms with E-state index in [0.29, 0.717) is 0 Å². The van der Waals surface area contributed by atoms with Gasteiger partial charge in [0.1, 0.15) is 5.82 Å². The molecule has 4 heteroatoms. The Labute approximate surface area is 162 Å². The maximum Gasteiger partial charge on any atom is 0.123 e. The Morgan fingerprint density at radius 1 is 0.857 bits per heavy atom. The lowest BCUT2D eigenvalue weighted by Crippen LogP contribution is -2.30. The van der Waals surface area contributed by atoms with Gasteiger partial charge in [-0.25, -0.2) is 4.39 Å². The molecule has 1 N–H and O–H groups in total. The van der Waals surface area contributed by atoms with Crippen LogP contribution in [0.1, 0.15) is 22.4 Å². The minimum atomic E-state index is -0.371. The number of halogens is 1. The zero-order chi connectivity index (χ0) is 19.0. The van der Waals surface area contributed by atoms with Crippen LogP contribution in [0.4, 0.5) is 4.39 Å². The normalized spacial score (nSPS) is 18.0. The Morgan fingerprint density at radius 3 is 2.32 bits per heavy atom. The fraction of sp³-hybridized carbons (Fsp3) is 0.0833. The molecule has 3 nitrogen and oxygen atoms in total. The van der Waals surface area contributed by atoms with E-state index in [-0.39, 0.29) is 11.2 Å². The number of aromatic nitrogens is 3. The SMILES string of the molecule is Fc1ccc(C2(c3ccccc3)C=Cc3c(-c4ccncc4)n[nH]c3C2)cc1. The van der Waals surface area contributed by atoms with Gasteiger partial charge in [0, 0.05) is 41.1 Å². The van der Waals surface area contributed by atoms with E-state index in [1.807, 2.05) is 42.5 Å². The van der Waals surface area contributed by atoms with Crippen molar-refractivity contribution in [2.45, 2.75) is 11.8 Å². The summed E-state index contributed by atoms with van der Waals surface area (Å²) in [5.41, 5.74) is 5.98. The number of hydrogen-bond donors (Lipinski definition) is 1. The molecule has 0 spiro atoms. The maximum absolute atomic E-state index is 13.6.